The molecule has 2 aromatic rings. The van der Waals surface area contributed by atoms with Crippen LogP contribution in [0.15, 0.2) is 42.5 Å². The van der Waals surface area contributed by atoms with Crippen LogP contribution >= 0.6 is 22.6 Å². The summed E-state index contributed by atoms with van der Waals surface area (Å²) in [7, 11) is -1.43. The Morgan fingerprint density at radius 3 is 2.72 bits per heavy atom. The lowest BCUT2D eigenvalue weighted by Crippen LogP contribution is -2.42. The minimum atomic E-state index is -3.28. The van der Waals surface area contributed by atoms with Crippen molar-refractivity contribution in [2.24, 2.45) is 0 Å². The zero-order valence-electron chi connectivity index (χ0n) is 13.8. The first-order valence-electron chi connectivity index (χ1n) is 7.96. The third-order valence-corrected chi connectivity index (χ3v) is 6.31. The maximum atomic E-state index is 13.6. The minimum Gasteiger partial charge on any atom is -0.320 e. The van der Waals surface area contributed by atoms with Crippen LogP contribution < -0.4 is 9.62 Å². The summed E-state index contributed by atoms with van der Waals surface area (Å²) in [6.07, 6.45) is 0.770. The Morgan fingerprint density at radius 2 is 2.00 bits per heavy atom. The number of rotatable bonds is 5. The lowest BCUT2D eigenvalue weighted by molar-refractivity contribution is 0.331. The first-order chi connectivity index (χ1) is 11.9. The van der Waals surface area contributed by atoms with E-state index in [0.717, 1.165) is 18.5 Å². The van der Waals surface area contributed by atoms with Gasteiger partial charge in [-0.05, 0) is 60.8 Å². The molecule has 0 unspecified atom stereocenters. The van der Waals surface area contributed by atoms with Crippen molar-refractivity contribution in [3.05, 3.63) is 58.9 Å². The van der Waals surface area contributed by atoms with Gasteiger partial charge in [-0.2, -0.15) is 4.31 Å². The SMILES string of the molecule is CNCCCN1Cc2ccccc2N(c2ccc(F)c(Cl)c2)S1(O)O. The predicted octanol–water partition coefficient (Wildman–Crippen LogP) is 4.62. The molecule has 0 aromatic heterocycles. The van der Waals surface area contributed by atoms with Crippen molar-refractivity contribution in [2.45, 2.75) is 13.0 Å². The van der Waals surface area contributed by atoms with Crippen molar-refractivity contribution in [2.75, 3.05) is 24.4 Å². The Hall–Kier alpha value is -1.35. The molecule has 3 N–H and O–H groups in total. The number of nitrogens with zero attached hydrogens (tertiary/aromatic N) is 2. The summed E-state index contributed by atoms with van der Waals surface area (Å²) >= 11 is 5.91. The molecule has 1 aliphatic rings. The topological polar surface area (TPSA) is 59.0 Å². The molecule has 0 spiro atoms. The number of anilines is 2. The van der Waals surface area contributed by atoms with E-state index in [1.807, 2.05) is 31.3 Å². The van der Waals surface area contributed by atoms with Crippen molar-refractivity contribution in [1.29, 1.82) is 0 Å². The average Bonchev–Trinajstić information content (AvgIpc) is 2.58. The maximum absolute atomic E-state index is 13.6. The number of para-hydroxylation sites is 1. The smallest absolute Gasteiger partial charge is 0.141 e. The summed E-state index contributed by atoms with van der Waals surface area (Å²) < 4.78 is 38.6. The lowest BCUT2D eigenvalue weighted by atomic mass is 10.1. The van der Waals surface area contributed by atoms with Crippen LogP contribution in [-0.2, 0) is 6.54 Å². The third-order valence-electron chi connectivity index (χ3n) is 4.12. The van der Waals surface area contributed by atoms with Crippen molar-refractivity contribution in [3.8, 4) is 0 Å². The zero-order chi connectivity index (χ0) is 18.0. The van der Waals surface area contributed by atoms with Crippen LogP contribution in [0.25, 0.3) is 0 Å². The molecule has 0 atom stereocenters. The van der Waals surface area contributed by atoms with Gasteiger partial charge in [0.25, 0.3) is 0 Å². The second-order valence-corrected chi connectivity index (χ2v) is 8.10. The van der Waals surface area contributed by atoms with Gasteiger partial charge in [-0.1, -0.05) is 29.8 Å². The summed E-state index contributed by atoms with van der Waals surface area (Å²) in [6, 6.07) is 11.7. The van der Waals surface area contributed by atoms with Gasteiger partial charge in [0.2, 0.25) is 0 Å². The fourth-order valence-electron chi connectivity index (χ4n) is 2.89. The standard InChI is InChI=1S/C17H21ClFN3O2S/c1-20-9-4-10-21-12-13-5-2-3-6-17(13)22(25(21,23)24)14-7-8-16(19)15(18)11-14/h2-3,5-8,11,20,23-24H,4,9-10,12H2,1H3. The van der Waals surface area contributed by atoms with E-state index in [1.165, 1.54) is 22.5 Å². The van der Waals surface area contributed by atoms with E-state index in [-0.39, 0.29) is 5.02 Å². The molecule has 0 fully saturated rings. The van der Waals surface area contributed by atoms with Crippen LogP contribution in [-0.4, -0.2) is 33.5 Å². The van der Waals surface area contributed by atoms with Gasteiger partial charge in [0, 0.05) is 13.1 Å². The molecule has 136 valence electrons. The van der Waals surface area contributed by atoms with E-state index < -0.39 is 16.8 Å². The molecule has 8 heteroatoms. The van der Waals surface area contributed by atoms with Crippen molar-refractivity contribution in [3.63, 3.8) is 0 Å². The van der Waals surface area contributed by atoms with Crippen molar-refractivity contribution in [1.82, 2.24) is 9.62 Å². The van der Waals surface area contributed by atoms with E-state index >= 15 is 0 Å². The van der Waals surface area contributed by atoms with Gasteiger partial charge in [-0.15, -0.1) is 0 Å². The summed E-state index contributed by atoms with van der Waals surface area (Å²) in [5.74, 6) is -0.543. The van der Waals surface area contributed by atoms with Crippen LogP contribution in [0.3, 0.4) is 0 Å². The Morgan fingerprint density at radius 1 is 1.24 bits per heavy atom. The highest BCUT2D eigenvalue weighted by molar-refractivity contribution is 8.23. The van der Waals surface area contributed by atoms with E-state index in [9.17, 15) is 13.5 Å². The number of hydrogen-bond donors (Lipinski definition) is 3. The highest BCUT2D eigenvalue weighted by Gasteiger charge is 2.37. The zero-order valence-corrected chi connectivity index (χ0v) is 15.4. The van der Waals surface area contributed by atoms with Gasteiger partial charge in [0.1, 0.15) is 5.82 Å². The molecule has 1 heterocycles. The summed E-state index contributed by atoms with van der Waals surface area (Å²) in [6.45, 7) is 1.73. The van der Waals surface area contributed by atoms with Gasteiger partial charge < -0.3 is 5.32 Å². The second-order valence-electron chi connectivity index (χ2n) is 5.83. The first-order valence-corrected chi connectivity index (χ1v) is 9.80. The second kappa shape index (κ2) is 7.49. The fourth-order valence-corrected chi connectivity index (χ4v) is 4.82. The molecule has 1 aliphatic heterocycles. The molecule has 5 nitrogen and oxygen atoms in total. The molecule has 0 radical (unpaired) electrons. The van der Waals surface area contributed by atoms with E-state index in [2.05, 4.69) is 5.32 Å². The first kappa shape index (κ1) is 18.4. The third kappa shape index (κ3) is 3.62. The van der Waals surface area contributed by atoms with Crippen LogP contribution in [0.1, 0.15) is 12.0 Å². The molecule has 0 saturated carbocycles. The van der Waals surface area contributed by atoms with Gasteiger partial charge in [-0.25, -0.2) is 8.70 Å². The largest absolute Gasteiger partial charge is 0.320 e. The van der Waals surface area contributed by atoms with E-state index in [4.69, 9.17) is 11.6 Å². The normalized spacial score (nSPS) is 18.0. The molecular weight excluding hydrogens is 365 g/mol. The monoisotopic (exact) mass is 385 g/mol. The van der Waals surface area contributed by atoms with Gasteiger partial charge in [-0.3, -0.25) is 9.11 Å². The fraction of sp³-hybridized carbons (Fsp3) is 0.294. The molecule has 0 saturated heterocycles. The minimum absolute atomic E-state index is 0.0579. The summed E-state index contributed by atoms with van der Waals surface area (Å²) in [4.78, 5) is 0. The highest BCUT2D eigenvalue weighted by Crippen LogP contribution is 2.58. The molecule has 2 aromatic carbocycles. The van der Waals surface area contributed by atoms with Gasteiger partial charge in [0.15, 0.2) is 0 Å². The molecule has 0 aliphatic carbocycles. The van der Waals surface area contributed by atoms with Crippen LogP contribution in [0.5, 0.6) is 0 Å². The van der Waals surface area contributed by atoms with Crippen molar-refractivity contribution < 1.29 is 13.5 Å². The average molecular weight is 386 g/mol. The van der Waals surface area contributed by atoms with Gasteiger partial charge >= 0.3 is 0 Å². The van der Waals surface area contributed by atoms with Crippen LogP contribution in [0.2, 0.25) is 5.02 Å². The molecular formula is C17H21ClFN3O2S. The van der Waals surface area contributed by atoms with Crippen molar-refractivity contribution >= 4 is 33.9 Å². The lowest BCUT2D eigenvalue weighted by Gasteiger charge is -2.54. The van der Waals surface area contributed by atoms with E-state index in [1.54, 1.807) is 4.31 Å². The van der Waals surface area contributed by atoms with E-state index in [0.29, 0.717) is 24.5 Å². The number of fused-ring (bicyclic) bond motifs is 1. The Labute approximate surface area is 153 Å². The number of hydrogen-bond acceptors (Lipinski definition) is 5. The van der Waals surface area contributed by atoms with Crippen LogP contribution in [0, 0.1) is 5.82 Å². The molecule has 0 amide bonds. The highest BCUT2D eigenvalue weighted by atomic mass is 35.5. The predicted molar refractivity (Wildman–Crippen MR) is 102 cm³/mol. The molecule has 3 rings (SSSR count). The Kier molecular flexibility index (Phi) is 5.52. The number of benzene rings is 2. The number of nitrogens with one attached hydrogen (secondary N) is 1. The Bertz CT molecular complexity index is 762. The van der Waals surface area contributed by atoms with Crippen LogP contribution in [0.4, 0.5) is 15.8 Å². The quantitative estimate of drug-likeness (QED) is 0.655. The summed E-state index contributed by atoms with van der Waals surface area (Å²) in [5.41, 5.74) is 2.10. The van der Waals surface area contributed by atoms with Gasteiger partial charge in [0.05, 0.1) is 16.4 Å². The maximum Gasteiger partial charge on any atom is 0.141 e. The Balaban J connectivity index is 2.04. The molecule has 0 bridgehead atoms. The molecule has 25 heavy (non-hydrogen) atoms. The summed E-state index contributed by atoms with van der Waals surface area (Å²) in [5, 5.41) is 3.00. The number of halogens is 2.